The molecular formula is C16H22O8S. The Kier molecular flexibility index (Phi) is 4.67. The van der Waals surface area contributed by atoms with Crippen molar-refractivity contribution in [3.05, 3.63) is 12.7 Å². The molecule has 0 aromatic rings. The van der Waals surface area contributed by atoms with Gasteiger partial charge in [0.15, 0.2) is 6.61 Å². The lowest BCUT2D eigenvalue weighted by Crippen LogP contribution is -2.36. The Morgan fingerprint density at radius 3 is 2.68 bits per heavy atom. The molecular weight excluding hydrogens is 352 g/mol. The molecule has 3 aliphatic rings. The number of fused-ring (bicyclic) bond motifs is 1. The minimum Gasteiger partial charge on any atom is -0.461 e. The first-order chi connectivity index (χ1) is 11.7. The van der Waals surface area contributed by atoms with Gasteiger partial charge in [0.05, 0.1) is 18.0 Å². The molecule has 1 heterocycles. The quantitative estimate of drug-likeness (QED) is 0.273. The molecule has 0 aromatic heterocycles. The van der Waals surface area contributed by atoms with E-state index in [-0.39, 0.29) is 36.6 Å². The lowest BCUT2D eigenvalue weighted by atomic mass is 9.81. The second-order valence-corrected chi connectivity index (χ2v) is 8.93. The van der Waals surface area contributed by atoms with Gasteiger partial charge in [-0.1, -0.05) is 20.4 Å². The van der Waals surface area contributed by atoms with Gasteiger partial charge in [0.25, 0.3) is 10.1 Å². The monoisotopic (exact) mass is 374 g/mol. The highest BCUT2D eigenvalue weighted by Crippen LogP contribution is 2.64. The van der Waals surface area contributed by atoms with E-state index in [1.54, 1.807) is 0 Å². The molecule has 8 nitrogen and oxygen atoms in total. The summed E-state index contributed by atoms with van der Waals surface area (Å²) in [5, 5.41) is -0.435. The minimum absolute atomic E-state index is 0.0122. The molecule has 5 unspecified atom stereocenters. The molecule has 5 atom stereocenters. The summed E-state index contributed by atoms with van der Waals surface area (Å²) in [6, 6.07) is 0. The molecule has 3 rings (SSSR count). The molecule has 9 heteroatoms. The molecule has 0 amide bonds. The fourth-order valence-electron chi connectivity index (χ4n) is 4.47. The Bertz CT molecular complexity index is 682. The van der Waals surface area contributed by atoms with E-state index in [1.165, 1.54) is 0 Å². The van der Waals surface area contributed by atoms with Crippen LogP contribution < -0.4 is 0 Å². The fraction of sp³-hybridized carbons (Fsp3) is 0.750. The zero-order valence-electron chi connectivity index (χ0n) is 14.2. The SMILES string of the molecule is C=CC(=O)OCC(=O)OCCOC1C2OS(=O)(=O)C3CC1C(C)(C)C23. The average molecular weight is 374 g/mol. The van der Waals surface area contributed by atoms with Crippen LogP contribution in [0.15, 0.2) is 12.7 Å². The van der Waals surface area contributed by atoms with Gasteiger partial charge in [0.2, 0.25) is 0 Å². The Hall–Kier alpha value is -1.45. The van der Waals surface area contributed by atoms with Crippen LogP contribution in [0.5, 0.6) is 0 Å². The molecule has 3 fully saturated rings. The number of hydrogen-bond donors (Lipinski definition) is 0. The van der Waals surface area contributed by atoms with E-state index in [0.29, 0.717) is 6.42 Å². The smallest absolute Gasteiger partial charge is 0.344 e. The summed E-state index contributed by atoms with van der Waals surface area (Å²) in [5.74, 6) is -1.36. The van der Waals surface area contributed by atoms with Crippen molar-refractivity contribution >= 4 is 22.1 Å². The molecule has 25 heavy (non-hydrogen) atoms. The molecule has 2 aliphatic carbocycles. The molecule has 1 aliphatic heterocycles. The van der Waals surface area contributed by atoms with Crippen LogP contribution in [0.3, 0.4) is 0 Å². The number of ether oxygens (including phenoxy) is 3. The fourth-order valence-corrected chi connectivity index (χ4v) is 6.46. The van der Waals surface area contributed by atoms with Crippen LogP contribution in [-0.4, -0.2) is 57.6 Å². The Morgan fingerprint density at radius 1 is 1.28 bits per heavy atom. The van der Waals surface area contributed by atoms with Gasteiger partial charge in [-0.2, -0.15) is 8.42 Å². The van der Waals surface area contributed by atoms with Crippen molar-refractivity contribution in [3.63, 3.8) is 0 Å². The average Bonchev–Trinajstić information content (AvgIpc) is 3.01. The molecule has 0 radical (unpaired) electrons. The first kappa shape index (κ1) is 18.3. The Morgan fingerprint density at radius 2 is 2.00 bits per heavy atom. The minimum atomic E-state index is -3.52. The van der Waals surface area contributed by atoms with Gasteiger partial charge in [0.1, 0.15) is 12.7 Å². The molecule has 2 saturated carbocycles. The maximum atomic E-state index is 12.1. The van der Waals surface area contributed by atoms with E-state index in [1.807, 2.05) is 0 Å². The predicted molar refractivity (Wildman–Crippen MR) is 84.8 cm³/mol. The maximum absolute atomic E-state index is 12.1. The van der Waals surface area contributed by atoms with Crippen molar-refractivity contribution in [2.24, 2.45) is 17.3 Å². The van der Waals surface area contributed by atoms with Crippen molar-refractivity contribution in [3.8, 4) is 0 Å². The third-order valence-corrected chi connectivity index (χ3v) is 7.27. The first-order valence-corrected chi connectivity index (χ1v) is 9.64. The van der Waals surface area contributed by atoms with Gasteiger partial charge in [0, 0.05) is 12.0 Å². The van der Waals surface area contributed by atoms with Crippen molar-refractivity contribution in [1.82, 2.24) is 0 Å². The highest BCUT2D eigenvalue weighted by atomic mass is 32.2. The zero-order chi connectivity index (χ0) is 18.4. The van der Waals surface area contributed by atoms with Crippen LogP contribution in [-0.2, 0) is 38.1 Å². The van der Waals surface area contributed by atoms with Gasteiger partial charge in [-0.15, -0.1) is 0 Å². The first-order valence-electron chi connectivity index (χ1n) is 8.17. The van der Waals surface area contributed by atoms with Crippen LogP contribution in [0.1, 0.15) is 20.3 Å². The maximum Gasteiger partial charge on any atom is 0.344 e. The number of hydrogen-bond acceptors (Lipinski definition) is 8. The van der Waals surface area contributed by atoms with E-state index >= 15 is 0 Å². The number of carbonyl (C=O) groups excluding carboxylic acids is 2. The van der Waals surface area contributed by atoms with Gasteiger partial charge in [-0.05, 0) is 17.8 Å². The van der Waals surface area contributed by atoms with Crippen LogP contribution in [0.4, 0.5) is 0 Å². The van der Waals surface area contributed by atoms with Crippen LogP contribution in [0.2, 0.25) is 0 Å². The normalized spacial score (nSPS) is 36.2. The second kappa shape index (κ2) is 6.37. The number of carbonyl (C=O) groups is 2. The summed E-state index contributed by atoms with van der Waals surface area (Å²) in [6.07, 6.45) is 0.702. The van der Waals surface area contributed by atoms with Crippen molar-refractivity contribution in [2.45, 2.75) is 37.7 Å². The number of rotatable bonds is 7. The highest BCUT2D eigenvalue weighted by molar-refractivity contribution is 7.87. The van der Waals surface area contributed by atoms with Gasteiger partial charge >= 0.3 is 11.9 Å². The van der Waals surface area contributed by atoms with E-state index in [9.17, 15) is 18.0 Å². The Balaban J connectivity index is 1.48. The van der Waals surface area contributed by atoms with E-state index in [4.69, 9.17) is 13.7 Å². The summed E-state index contributed by atoms with van der Waals surface area (Å²) >= 11 is 0. The summed E-state index contributed by atoms with van der Waals surface area (Å²) in [6.45, 7) is 6.94. The third kappa shape index (κ3) is 3.09. The third-order valence-electron chi connectivity index (χ3n) is 5.55. The zero-order valence-corrected chi connectivity index (χ0v) is 15.0. The van der Waals surface area contributed by atoms with E-state index in [0.717, 1.165) is 6.08 Å². The lowest BCUT2D eigenvalue weighted by Gasteiger charge is -2.26. The van der Waals surface area contributed by atoms with Crippen molar-refractivity contribution in [1.29, 1.82) is 0 Å². The topological polar surface area (TPSA) is 105 Å². The van der Waals surface area contributed by atoms with Crippen LogP contribution in [0, 0.1) is 17.3 Å². The largest absolute Gasteiger partial charge is 0.461 e. The van der Waals surface area contributed by atoms with Crippen molar-refractivity contribution < 1.29 is 36.4 Å². The number of esters is 2. The molecule has 0 spiro atoms. The van der Waals surface area contributed by atoms with Crippen molar-refractivity contribution in [2.75, 3.05) is 19.8 Å². The molecule has 0 aromatic carbocycles. The molecule has 2 bridgehead atoms. The molecule has 1 saturated heterocycles. The lowest BCUT2D eigenvalue weighted by molar-refractivity contribution is -0.158. The van der Waals surface area contributed by atoms with Gasteiger partial charge in [-0.3, -0.25) is 4.18 Å². The van der Waals surface area contributed by atoms with Crippen LogP contribution in [0.25, 0.3) is 0 Å². The Labute approximate surface area is 146 Å². The second-order valence-electron chi connectivity index (χ2n) is 7.15. The van der Waals surface area contributed by atoms with Gasteiger partial charge < -0.3 is 14.2 Å². The van der Waals surface area contributed by atoms with E-state index in [2.05, 4.69) is 25.2 Å². The highest BCUT2D eigenvalue weighted by Gasteiger charge is 2.72. The van der Waals surface area contributed by atoms with Crippen LogP contribution >= 0.6 is 0 Å². The summed E-state index contributed by atoms with van der Waals surface area (Å²) in [5.41, 5.74) is -0.168. The summed E-state index contributed by atoms with van der Waals surface area (Å²) in [7, 11) is -3.52. The summed E-state index contributed by atoms with van der Waals surface area (Å²) < 4.78 is 44.8. The standard InChI is InChI=1S/C16H22O8S/c1-4-11(17)23-8-12(18)21-5-6-22-14-9-7-10-13(16(9,2)3)15(14)24-25(10,19)20/h4,9-10,13-15H,1,5-8H2,2-3H3. The molecule has 0 N–H and O–H groups in total. The predicted octanol–water partition coefficient (Wildman–Crippen LogP) is 0.417. The van der Waals surface area contributed by atoms with Gasteiger partial charge in [-0.25, -0.2) is 9.59 Å². The summed E-state index contributed by atoms with van der Waals surface area (Å²) in [4.78, 5) is 22.3. The molecule has 140 valence electrons. The van der Waals surface area contributed by atoms with E-state index < -0.39 is 40.0 Å².